The summed E-state index contributed by atoms with van der Waals surface area (Å²) in [5.74, 6) is -3.70. The molecule has 4 N–H and O–H groups in total. The van der Waals surface area contributed by atoms with E-state index >= 15 is 0 Å². The van der Waals surface area contributed by atoms with E-state index in [4.69, 9.17) is 20.4 Å². The van der Waals surface area contributed by atoms with Crippen molar-refractivity contribution in [3.8, 4) is 0 Å². The molecule has 0 aliphatic rings. The highest BCUT2D eigenvalue weighted by Gasteiger charge is 2.01. The van der Waals surface area contributed by atoms with Gasteiger partial charge < -0.3 is 20.4 Å². The van der Waals surface area contributed by atoms with Gasteiger partial charge in [-0.15, -0.1) is 0 Å². The summed E-state index contributed by atoms with van der Waals surface area (Å²) in [5.41, 5.74) is 0. The van der Waals surface area contributed by atoms with E-state index in [2.05, 4.69) is 0 Å². The minimum absolute atomic E-state index is 0. The van der Waals surface area contributed by atoms with E-state index in [1.165, 1.54) is 6.92 Å². The lowest BCUT2D eigenvalue weighted by molar-refractivity contribution is -0.145. The third-order valence-electron chi connectivity index (χ3n) is 0.726. The Bertz CT molecular complexity index is 233. The average Bonchev–Trinajstić information content (AvgIpc) is 2.01. The van der Waals surface area contributed by atoms with Gasteiger partial charge in [0, 0.05) is 12.2 Å². The molecule has 0 heterocycles. The van der Waals surface area contributed by atoms with Gasteiger partial charge in [-0.1, -0.05) is 0 Å². The van der Waals surface area contributed by atoms with E-state index in [-0.39, 0.29) is 46.1 Å². The first-order chi connectivity index (χ1) is 6.27. The number of hydrogen-bond donors (Lipinski definition) is 4. The van der Waals surface area contributed by atoms with Crippen LogP contribution in [0.3, 0.4) is 0 Å². The summed E-state index contributed by atoms with van der Waals surface area (Å²) in [6.45, 7) is 1.20. The lowest BCUT2D eigenvalue weighted by atomic mass is 10.4. The Labute approximate surface area is 123 Å². The standard InChI is InChI=1S/C4H4O4.C3H6O3.2Mg.4H/c5-3(6)1-2-4(7)8;1-2(4)3(5)6;;;;;;/h1-2H,(H,5,6)(H,7,8);2,4H,1H3,(H,5,6);;;;;;. The molecule has 0 aliphatic carbocycles. The first-order valence-electron chi connectivity index (χ1n) is 3.32. The molecule has 0 aliphatic heterocycles. The minimum Gasteiger partial charge on any atom is -0.479 e. The quantitative estimate of drug-likeness (QED) is 0.321. The van der Waals surface area contributed by atoms with Crippen molar-refractivity contribution in [1.82, 2.24) is 0 Å². The van der Waals surface area contributed by atoms with Crippen LogP contribution in [0, 0.1) is 0 Å². The van der Waals surface area contributed by atoms with Gasteiger partial charge in [0.25, 0.3) is 0 Å². The number of carboxylic acids is 3. The third-order valence-corrected chi connectivity index (χ3v) is 0.726. The van der Waals surface area contributed by atoms with Crippen LogP contribution in [-0.2, 0) is 14.4 Å². The predicted octanol–water partition coefficient (Wildman–Crippen LogP) is -2.67. The fourth-order valence-corrected chi connectivity index (χ4v) is 0.143. The number of aliphatic hydroxyl groups excluding tert-OH is 1. The van der Waals surface area contributed by atoms with E-state index in [9.17, 15) is 14.4 Å². The number of aliphatic hydroxyl groups is 1. The van der Waals surface area contributed by atoms with Crippen molar-refractivity contribution in [2.75, 3.05) is 0 Å². The lowest BCUT2D eigenvalue weighted by Gasteiger charge is -1.89. The molecule has 88 valence electrons. The van der Waals surface area contributed by atoms with Gasteiger partial charge in [-0.25, -0.2) is 14.4 Å². The van der Waals surface area contributed by atoms with Gasteiger partial charge in [-0.3, -0.25) is 0 Å². The van der Waals surface area contributed by atoms with Crippen LogP contribution < -0.4 is 0 Å². The zero-order chi connectivity index (χ0) is 11.7. The molecule has 0 aromatic heterocycles. The van der Waals surface area contributed by atoms with Crippen LogP contribution in [0.15, 0.2) is 12.2 Å². The Balaban J connectivity index is -0.0000000825. The maximum absolute atomic E-state index is 9.55. The van der Waals surface area contributed by atoms with Crippen LogP contribution in [0.2, 0.25) is 0 Å². The summed E-state index contributed by atoms with van der Waals surface area (Å²) in [6.07, 6.45) is -0.116. The van der Waals surface area contributed by atoms with Crippen LogP contribution >= 0.6 is 0 Å². The Hall–Kier alpha value is -0.358. The van der Waals surface area contributed by atoms with E-state index in [0.29, 0.717) is 12.2 Å². The molecule has 0 saturated carbocycles. The topological polar surface area (TPSA) is 132 Å². The van der Waals surface area contributed by atoms with Crippen LogP contribution in [0.1, 0.15) is 6.92 Å². The maximum Gasteiger partial charge on any atom is 0.332 e. The second-order valence-electron chi connectivity index (χ2n) is 2.02. The Morgan fingerprint density at radius 2 is 1.12 bits per heavy atom. The zero-order valence-electron chi connectivity index (χ0n) is 7.25. The van der Waals surface area contributed by atoms with Crippen LogP contribution in [0.5, 0.6) is 0 Å². The van der Waals surface area contributed by atoms with E-state index < -0.39 is 24.0 Å². The molecule has 0 bridgehead atoms. The molecular weight excluding hydrogens is 245 g/mol. The van der Waals surface area contributed by atoms with Crippen LogP contribution in [-0.4, -0.2) is 90.5 Å². The predicted molar refractivity (Wildman–Crippen MR) is 60.8 cm³/mol. The second kappa shape index (κ2) is 14.6. The lowest BCUT2D eigenvalue weighted by Crippen LogP contribution is -2.13. The highest BCUT2D eigenvalue weighted by Crippen LogP contribution is 1.73. The number of aliphatic carboxylic acids is 3. The van der Waals surface area contributed by atoms with Gasteiger partial charge in [0.05, 0.1) is 0 Å². The molecule has 0 rings (SSSR count). The molecular formula is C7H14Mg2O7. The highest BCUT2D eigenvalue weighted by molar-refractivity contribution is 5.89. The van der Waals surface area contributed by atoms with E-state index in [0.717, 1.165) is 0 Å². The summed E-state index contributed by atoms with van der Waals surface area (Å²) < 4.78 is 0. The maximum atomic E-state index is 9.55. The Kier molecular flexibility index (Phi) is 22.6. The van der Waals surface area contributed by atoms with Crippen molar-refractivity contribution in [1.29, 1.82) is 0 Å². The first-order valence-corrected chi connectivity index (χ1v) is 3.32. The molecule has 1 unspecified atom stereocenters. The molecule has 0 saturated heterocycles. The van der Waals surface area contributed by atoms with Gasteiger partial charge in [-0.2, -0.15) is 0 Å². The number of hydrogen-bond acceptors (Lipinski definition) is 4. The van der Waals surface area contributed by atoms with E-state index in [1.807, 2.05) is 0 Å². The molecule has 0 aromatic rings. The molecule has 0 radical (unpaired) electrons. The van der Waals surface area contributed by atoms with Gasteiger partial charge in [-0.05, 0) is 6.92 Å². The summed E-state index contributed by atoms with van der Waals surface area (Å²) >= 11 is 0. The number of carboxylic acid groups (broad SMARTS) is 3. The SMILES string of the molecule is CC(O)C(=O)O.O=C(O)C=CC(=O)O.[MgH2].[MgH2]. The van der Waals surface area contributed by atoms with Crippen LogP contribution in [0.25, 0.3) is 0 Å². The normalized spacial score (nSPS) is 9.88. The van der Waals surface area contributed by atoms with Crippen molar-refractivity contribution < 1.29 is 34.8 Å². The van der Waals surface area contributed by atoms with Crippen molar-refractivity contribution in [3.05, 3.63) is 12.2 Å². The molecule has 7 nitrogen and oxygen atoms in total. The Morgan fingerprint density at radius 1 is 0.938 bits per heavy atom. The third kappa shape index (κ3) is 29.2. The zero-order valence-corrected chi connectivity index (χ0v) is 7.25. The number of rotatable bonds is 3. The minimum atomic E-state index is -1.26. The summed E-state index contributed by atoms with van der Waals surface area (Å²) in [6, 6.07) is 0. The molecule has 0 aromatic carbocycles. The van der Waals surface area contributed by atoms with Gasteiger partial charge in [0.15, 0.2) is 0 Å². The summed E-state index contributed by atoms with van der Waals surface area (Å²) in [4.78, 5) is 28.6. The molecule has 0 amide bonds. The van der Waals surface area contributed by atoms with Gasteiger partial charge in [0.2, 0.25) is 0 Å². The van der Waals surface area contributed by atoms with Crippen molar-refractivity contribution in [2.45, 2.75) is 13.0 Å². The summed E-state index contributed by atoms with van der Waals surface area (Å²) in [7, 11) is 0. The Morgan fingerprint density at radius 3 is 1.19 bits per heavy atom. The van der Waals surface area contributed by atoms with Gasteiger partial charge >= 0.3 is 64.0 Å². The molecule has 16 heavy (non-hydrogen) atoms. The molecule has 1 atom stereocenters. The van der Waals surface area contributed by atoms with Crippen LogP contribution in [0.4, 0.5) is 0 Å². The smallest absolute Gasteiger partial charge is 0.332 e. The first kappa shape index (κ1) is 24.7. The molecule has 0 fully saturated rings. The van der Waals surface area contributed by atoms with Gasteiger partial charge in [0.1, 0.15) is 6.10 Å². The fraction of sp³-hybridized carbons (Fsp3) is 0.286. The molecule has 9 heteroatoms. The average molecular weight is 259 g/mol. The van der Waals surface area contributed by atoms with Crippen molar-refractivity contribution in [2.24, 2.45) is 0 Å². The van der Waals surface area contributed by atoms with Crippen molar-refractivity contribution >= 4 is 64.0 Å². The second-order valence-corrected chi connectivity index (χ2v) is 2.02. The fourth-order valence-electron chi connectivity index (χ4n) is 0.143. The molecule has 0 spiro atoms. The van der Waals surface area contributed by atoms with Crippen molar-refractivity contribution in [3.63, 3.8) is 0 Å². The monoisotopic (exact) mass is 258 g/mol. The van der Waals surface area contributed by atoms with E-state index in [1.54, 1.807) is 0 Å². The largest absolute Gasteiger partial charge is 0.479 e. The number of carbonyl (C=O) groups is 3. The highest BCUT2D eigenvalue weighted by atomic mass is 24.3. The summed E-state index contributed by atoms with van der Waals surface area (Å²) in [5, 5.41) is 31.4.